The highest BCUT2D eigenvalue weighted by molar-refractivity contribution is 8.08. The van der Waals surface area contributed by atoms with Crippen LogP contribution in [0.2, 0.25) is 0 Å². The second-order valence-electron chi connectivity index (χ2n) is 3.19. The first-order valence-electron chi connectivity index (χ1n) is 4.45. The Balaban J connectivity index is 2.45. The lowest BCUT2D eigenvalue weighted by molar-refractivity contribution is -0.117. The number of hydrogen-bond donors (Lipinski definition) is 0. The average molecular weight is 204 g/mol. The maximum absolute atomic E-state index is 11.4. The zero-order valence-corrected chi connectivity index (χ0v) is 9.50. The summed E-state index contributed by atoms with van der Waals surface area (Å²) in [4.78, 5) is 11.4. The van der Waals surface area contributed by atoms with Crippen molar-refractivity contribution in [2.75, 3.05) is 5.75 Å². The van der Waals surface area contributed by atoms with Gasteiger partial charge >= 0.3 is 0 Å². The Morgan fingerprint density at radius 2 is 2.08 bits per heavy atom. The molecule has 1 nitrogen and oxygen atoms in total. The highest BCUT2D eigenvalue weighted by Crippen LogP contribution is 2.36. The van der Waals surface area contributed by atoms with Crippen molar-refractivity contribution in [2.24, 2.45) is 0 Å². The molecule has 1 rings (SSSR count). The van der Waals surface area contributed by atoms with Crippen molar-refractivity contribution in [3.63, 3.8) is 0 Å². The summed E-state index contributed by atoms with van der Waals surface area (Å²) in [7, 11) is 0. The molecule has 0 spiro atoms. The monoisotopic (exact) mass is 204 g/mol. The third-order valence-corrected chi connectivity index (χ3v) is 5.70. The van der Waals surface area contributed by atoms with Gasteiger partial charge in [-0.25, -0.2) is 0 Å². The number of Topliss-reactive ketones (excluding diaryl/α,β-unsaturated/α-hetero) is 1. The molecule has 0 amide bonds. The van der Waals surface area contributed by atoms with Crippen LogP contribution in [0, 0.1) is 0 Å². The van der Waals surface area contributed by atoms with E-state index < -0.39 is 0 Å². The van der Waals surface area contributed by atoms with Crippen LogP contribution in [0.4, 0.5) is 0 Å². The number of carbonyl (C=O) groups excluding carboxylic acids is 1. The van der Waals surface area contributed by atoms with Crippen molar-refractivity contribution in [3.8, 4) is 0 Å². The molecule has 1 saturated heterocycles. The van der Waals surface area contributed by atoms with Crippen LogP contribution in [0.15, 0.2) is 0 Å². The SMILES string of the molecule is CCC(=O)C1CSC(C)C(C)S1. The summed E-state index contributed by atoms with van der Waals surface area (Å²) >= 11 is 3.79. The van der Waals surface area contributed by atoms with Crippen molar-refractivity contribution in [2.45, 2.75) is 42.9 Å². The predicted octanol–water partition coefficient (Wildman–Crippen LogP) is 2.59. The molecule has 1 fully saturated rings. The van der Waals surface area contributed by atoms with Gasteiger partial charge in [0.05, 0.1) is 5.25 Å². The summed E-state index contributed by atoms with van der Waals surface area (Å²) in [6, 6.07) is 0. The minimum absolute atomic E-state index is 0.270. The van der Waals surface area contributed by atoms with Gasteiger partial charge in [-0.2, -0.15) is 11.8 Å². The largest absolute Gasteiger partial charge is 0.298 e. The minimum Gasteiger partial charge on any atom is -0.298 e. The van der Waals surface area contributed by atoms with Gasteiger partial charge in [-0.3, -0.25) is 4.79 Å². The summed E-state index contributed by atoms with van der Waals surface area (Å²) in [5, 5.41) is 1.60. The van der Waals surface area contributed by atoms with Gasteiger partial charge in [-0.05, 0) is 0 Å². The Bertz CT molecular complexity index is 170. The van der Waals surface area contributed by atoms with Crippen molar-refractivity contribution < 1.29 is 4.79 Å². The molecule has 1 heterocycles. The Kier molecular flexibility index (Phi) is 3.97. The van der Waals surface area contributed by atoms with Gasteiger partial charge in [0.1, 0.15) is 5.78 Å². The molecule has 0 radical (unpaired) electrons. The number of ketones is 1. The summed E-state index contributed by atoms with van der Waals surface area (Å²) in [5.74, 6) is 1.44. The average Bonchev–Trinajstić information content (AvgIpc) is 2.08. The third kappa shape index (κ3) is 2.43. The molecule has 12 heavy (non-hydrogen) atoms. The molecule has 0 aromatic carbocycles. The van der Waals surface area contributed by atoms with Crippen LogP contribution >= 0.6 is 23.5 Å². The standard InChI is InChI=1S/C9H16OS2/c1-4-8(10)9-5-11-6(2)7(3)12-9/h6-7,9H,4-5H2,1-3H3. The van der Waals surface area contributed by atoms with E-state index in [9.17, 15) is 4.79 Å². The molecule has 1 aliphatic rings. The highest BCUT2D eigenvalue weighted by atomic mass is 32.2. The van der Waals surface area contributed by atoms with Gasteiger partial charge < -0.3 is 0 Å². The number of hydrogen-bond acceptors (Lipinski definition) is 3. The lowest BCUT2D eigenvalue weighted by Gasteiger charge is -2.30. The van der Waals surface area contributed by atoms with Crippen LogP contribution < -0.4 is 0 Å². The normalized spacial score (nSPS) is 36.4. The van der Waals surface area contributed by atoms with E-state index in [2.05, 4.69) is 13.8 Å². The van der Waals surface area contributed by atoms with Gasteiger partial charge in [-0.15, -0.1) is 11.8 Å². The molecular formula is C9H16OS2. The summed E-state index contributed by atoms with van der Waals surface area (Å²) in [6.07, 6.45) is 0.694. The van der Waals surface area contributed by atoms with Crippen molar-refractivity contribution in [1.29, 1.82) is 0 Å². The van der Waals surface area contributed by atoms with Gasteiger partial charge in [-0.1, -0.05) is 20.8 Å². The lowest BCUT2D eigenvalue weighted by Crippen LogP contribution is -2.31. The maximum atomic E-state index is 11.4. The first-order valence-corrected chi connectivity index (χ1v) is 6.44. The van der Waals surface area contributed by atoms with Gasteiger partial charge in [0.15, 0.2) is 0 Å². The zero-order chi connectivity index (χ0) is 9.14. The molecule has 70 valence electrons. The number of thioether (sulfide) groups is 2. The van der Waals surface area contributed by atoms with Gasteiger partial charge in [0, 0.05) is 22.7 Å². The molecule has 0 aliphatic carbocycles. The molecule has 3 unspecified atom stereocenters. The highest BCUT2D eigenvalue weighted by Gasteiger charge is 2.28. The fourth-order valence-corrected chi connectivity index (χ4v) is 4.15. The Hall–Kier alpha value is 0.370. The van der Waals surface area contributed by atoms with E-state index in [0.717, 1.165) is 5.75 Å². The first kappa shape index (κ1) is 10.5. The summed E-state index contributed by atoms with van der Waals surface area (Å²) in [5.41, 5.74) is 0. The maximum Gasteiger partial charge on any atom is 0.146 e. The van der Waals surface area contributed by atoms with Gasteiger partial charge in [0.25, 0.3) is 0 Å². The molecule has 0 saturated carbocycles. The van der Waals surface area contributed by atoms with Crippen LogP contribution in [0.3, 0.4) is 0 Å². The minimum atomic E-state index is 0.270. The topological polar surface area (TPSA) is 17.1 Å². The second kappa shape index (κ2) is 4.56. The van der Waals surface area contributed by atoms with Crippen LogP contribution in [-0.4, -0.2) is 27.3 Å². The van der Waals surface area contributed by atoms with Crippen LogP contribution in [0.1, 0.15) is 27.2 Å². The van der Waals surface area contributed by atoms with E-state index >= 15 is 0 Å². The first-order chi connectivity index (χ1) is 5.65. The van der Waals surface area contributed by atoms with Crippen LogP contribution in [0.25, 0.3) is 0 Å². The van der Waals surface area contributed by atoms with Crippen molar-refractivity contribution >= 4 is 29.3 Å². The third-order valence-electron chi connectivity index (χ3n) is 2.26. The summed E-state index contributed by atoms with van der Waals surface area (Å²) < 4.78 is 0. The predicted molar refractivity (Wildman–Crippen MR) is 58.1 cm³/mol. The lowest BCUT2D eigenvalue weighted by atomic mass is 10.2. The molecule has 0 aromatic rings. The molecule has 1 aliphatic heterocycles. The smallest absolute Gasteiger partial charge is 0.146 e. The Morgan fingerprint density at radius 3 is 2.58 bits per heavy atom. The van der Waals surface area contributed by atoms with Crippen LogP contribution in [0.5, 0.6) is 0 Å². The van der Waals surface area contributed by atoms with Gasteiger partial charge in [0.2, 0.25) is 0 Å². The van der Waals surface area contributed by atoms with E-state index in [1.54, 1.807) is 0 Å². The second-order valence-corrected chi connectivity index (χ2v) is 6.18. The van der Waals surface area contributed by atoms with Crippen LogP contribution in [-0.2, 0) is 4.79 Å². The Labute approximate surface area is 83.1 Å². The van der Waals surface area contributed by atoms with E-state index in [1.165, 1.54) is 0 Å². The fourth-order valence-electron chi connectivity index (χ4n) is 1.18. The van der Waals surface area contributed by atoms with Crippen molar-refractivity contribution in [3.05, 3.63) is 0 Å². The molecule has 0 bridgehead atoms. The van der Waals surface area contributed by atoms with E-state index in [1.807, 2.05) is 30.4 Å². The molecule has 0 aromatic heterocycles. The van der Waals surface area contributed by atoms with E-state index in [0.29, 0.717) is 22.7 Å². The summed E-state index contributed by atoms with van der Waals surface area (Å²) in [6.45, 7) is 6.42. The molecular weight excluding hydrogens is 188 g/mol. The quantitative estimate of drug-likeness (QED) is 0.688. The zero-order valence-electron chi connectivity index (χ0n) is 7.87. The molecule has 3 atom stereocenters. The molecule has 3 heteroatoms. The van der Waals surface area contributed by atoms with E-state index in [4.69, 9.17) is 0 Å². The number of carbonyl (C=O) groups is 1. The number of rotatable bonds is 2. The van der Waals surface area contributed by atoms with Crippen molar-refractivity contribution in [1.82, 2.24) is 0 Å². The molecule has 0 N–H and O–H groups in total. The van der Waals surface area contributed by atoms with E-state index in [-0.39, 0.29) is 5.25 Å². The Morgan fingerprint density at radius 1 is 1.42 bits per heavy atom. The fraction of sp³-hybridized carbons (Fsp3) is 0.889.